The van der Waals surface area contributed by atoms with Gasteiger partial charge < -0.3 is 15.1 Å². The van der Waals surface area contributed by atoms with E-state index in [-0.39, 0.29) is 5.92 Å². The lowest BCUT2D eigenvalue weighted by Crippen LogP contribution is -2.54. The van der Waals surface area contributed by atoms with E-state index in [0.29, 0.717) is 11.9 Å². The number of nitrogens with zero attached hydrogens (tertiary/aromatic N) is 4. The molecule has 21 heavy (non-hydrogen) atoms. The maximum atomic E-state index is 12.2. The number of nitrogens with one attached hydrogen (secondary N) is 1. The first-order chi connectivity index (χ1) is 10.2. The number of aromatic nitrogens is 2. The fraction of sp³-hybridized carbons (Fsp3) is 0.733. The molecule has 0 spiro atoms. The smallest absolute Gasteiger partial charge is 0.228 e. The van der Waals surface area contributed by atoms with Gasteiger partial charge in [-0.05, 0) is 18.9 Å². The fourth-order valence-electron chi connectivity index (χ4n) is 3.14. The molecule has 0 bridgehead atoms. The molecule has 1 aromatic rings. The minimum Gasteiger partial charge on any atom is -0.342 e. The molecule has 0 unspecified atom stereocenters. The fourth-order valence-corrected chi connectivity index (χ4v) is 3.14. The highest BCUT2D eigenvalue weighted by Gasteiger charge is 2.32. The van der Waals surface area contributed by atoms with Crippen molar-refractivity contribution < 1.29 is 4.79 Å². The lowest BCUT2D eigenvalue weighted by molar-refractivity contribution is -0.138. The van der Waals surface area contributed by atoms with Gasteiger partial charge in [-0.2, -0.15) is 5.10 Å². The average molecular weight is 291 g/mol. The molecule has 1 amide bonds. The minimum atomic E-state index is 0.216. The molecule has 0 saturated carbocycles. The number of carbonyl (C=O) groups excluding carboxylic acids is 1. The quantitative estimate of drug-likeness (QED) is 0.831. The van der Waals surface area contributed by atoms with Crippen molar-refractivity contribution >= 4 is 5.91 Å². The van der Waals surface area contributed by atoms with Gasteiger partial charge in [0.15, 0.2) is 0 Å². The zero-order valence-corrected chi connectivity index (χ0v) is 12.7. The summed E-state index contributed by atoms with van der Waals surface area (Å²) in [6, 6.07) is 2.38. The van der Waals surface area contributed by atoms with Gasteiger partial charge in [-0.1, -0.05) is 0 Å². The zero-order chi connectivity index (χ0) is 14.7. The Bertz CT molecular complexity index is 449. The van der Waals surface area contributed by atoms with Gasteiger partial charge >= 0.3 is 0 Å². The summed E-state index contributed by atoms with van der Waals surface area (Å²) in [5, 5.41) is 7.41. The van der Waals surface area contributed by atoms with E-state index >= 15 is 0 Å². The predicted octanol–water partition coefficient (Wildman–Crippen LogP) is 0.0253. The number of rotatable bonds is 5. The number of likely N-dealkylation sites (tertiary alicyclic amines) is 1. The molecular formula is C15H25N5O. The van der Waals surface area contributed by atoms with Gasteiger partial charge in [0.2, 0.25) is 5.91 Å². The molecule has 2 aliphatic heterocycles. The molecule has 0 atom stereocenters. The standard InChI is InChI=1S/C15H25N5O/c1-18(15(21)13-11-16-12-13)14-3-7-19(8-4-14)9-10-20-6-2-5-17-20/h2,5-6,13-14,16H,3-4,7-12H2,1H3. The van der Waals surface area contributed by atoms with Crippen LogP contribution >= 0.6 is 0 Å². The van der Waals surface area contributed by atoms with E-state index in [2.05, 4.69) is 15.3 Å². The molecule has 1 N–H and O–H groups in total. The topological polar surface area (TPSA) is 53.4 Å². The number of amides is 1. The maximum Gasteiger partial charge on any atom is 0.228 e. The number of carbonyl (C=O) groups is 1. The summed E-state index contributed by atoms with van der Waals surface area (Å²) in [5.41, 5.74) is 0. The normalized spacial score (nSPS) is 21.2. The van der Waals surface area contributed by atoms with E-state index in [0.717, 1.165) is 52.1 Å². The first-order valence-corrected chi connectivity index (χ1v) is 7.91. The zero-order valence-electron chi connectivity index (χ0n) is 12.7. The SMILES string of the molecule is CN(C(=O)C1CNC1)C1CCN(CCn2cccn2)CC1. The van der Waals surface area contributed by atoms with E-state index in [1.54, 1.807) is 0 Å². The van der Waals surface area contributed by atoms with Crippen LogP contribution in [-0.2, 0) is 11.3 Å². The Balaban J connectivity index is 1.40. The van der Waals surface area contributed by atoms with Crippen LogP contribution in [0.2, 0.25) is 0 Å². The Morgan fingerprint density at radius 3 is 2.67 bits per heavy atom. The Labute approximate surface area is 126 Å². The van der Waals surface area contributed by atoms with E-state index in [1.165, 1.54) is 0 Å². The molecule has 0 aliphatic carbocycles. The summed E-state index contributed by atoms with van der Waals surface area (Å²) in [6.45, 7) is 5.84. The van der Waals surface area contributed by atoms with Crippen LogP contribution in [0.15, 0.2) is 18.5 Å². The Kier molecular flexibility index (Phi) is 4.55. The minimum absolute atomic E-state index is 0.216. The first kappa shape index (κ1) is 14.5. The molecule has 1 aromatic heterocycles. The van der Waals surface area contributed by atoms with Gasteiger partial charge in [-0.15, -0.1) is 0 Å². The number of hydrogen-bond acceptors (Lipinski definition) is 4. The first-order valence-electron chi connectivity index (χ1n) is 7.91. The highest BCUT2D eigenvalue weighted by Crippen LogP contribution is 2.18. The van der Waals surface area contributed by atoms with Crippen LogP contribution in [0.25, 0.3) is 0 Å². The van der Waals surface area contributed by atoms with Gasteiger partial charge in [0.25, 0.3) is 0 Å². The predicted molar refractivity (Wildman–Crippen MR) is 80.8 cm³/mol. The van der Waals surface area contributed by atoms with E-state index in [1.807, 2.05) is 35.1 Å². The van der Waals surface area contributed by atoms with Crippen molar-refractivity contribution in [2.45, 2.75) is 25.4 Å². The lowest BCUT2D eigenvalue weighted by Gasteiger charge is -2.39. The molecule has 6 heteroatoms. The van der Waals surface area contributed by atoms with Gasteiger partial charge in [0.05, 0.1) is 12.5 Å². The third kappa shape index (κ3) is 3.44. The van der Waals surface area contributed by atoms with Crippen molar-refractivity contribution in [3.8, 4) is 0 Å². The molecule has 2 saturated heterocycles. The summed E-state index contributed by atoms with van der Waals surface area (Å²) in [5.74, 6) is 0.539. The van der Waals surface area contributed by atoms with Crippen LogP contribution < -0.4 is 5.32 Å². The lowest BCUT2D eigenvalue weighted by atomic mass is 9.98. The second-order valence-electron chi connectivity index (χ2n) is 6.15. The van der Waals surface area contributed by atoms with Crippen molar-refractivity contribution in [2.24, 2.45) is 5.92 Å². The Morgan fingerprint density at radius 2 is 2.10 bits per heavy atom. The monoisotopic (exact) mass is 291 g/mol. The Morgan fingerprint density at radius 1 is 1.33 bits per heavy atom. The summed E-state index contributed by atoms with van der Waals surface area (Å²) < 4.78 is 1.98. The maximum absolute atomic E-state index is 12.2. The van der Waals surface area contributed by atoms with Gasteiger partial charge in [0, 0.05) is 58.2 Å². The highest BCUT2D eigenvalue weighted by molar-refractivity contribution is 5.80. The van der Waals surface area contributed by atoms with Gasteiger partial charge in [0.1, 0.15) is 0 Å². The van der Waals surface area contributed by atoms with Crippen molar-refractivity contribution in [1.82, 2.24) is 24.9 Å². The summed E-state index contributed by atoms with van der Waals surface area (Å²) >= 11 is 0. The van der Waals surface area contributed by atoms with Crippen LogP contribution in [0, 0.1) is 5.92 Å². The summed E-state index contributed by atoms with van der Waals surface area (Å²) in [6.07, 6.45) is 6.00. The van der Waals surface area contributed by atoms with E-state index < -0.39 is 0 Å². The van der Waals surface area contributed by atoms with Crippen LogP contribution in [0.4, 0.5) is 0 Å². The van der Waals surface area contributed by atoms with Crippen molar-refractivity contribution in [1.29, 1.82) is 0 Å². The molecule has 6 nitrogen and oxygen atoms in total. The van der Waals surface area contributed by atoms with Crippen molar-refractivity contribution in [3.63, 3.8) is 0 Å². The molecule has 2 fully saturated rings. The summed E-state index contributed by atoms with van der Waals surface area (Å²) in [4.78, 5) is 16.7. The average Bonchev–Trinajstić information content (AvgIpc) is 2.96. The molecule has 116 valence electrons. The second kappa shape index (κ2) is 6.58. The van der Waals surface area contributed by atoms with Crippen LogP contribution in [0.1, 0.15) is 12.8 Å². The molecule has 2 aliphatic rings. The summed E-state index contributed by atoms with van der Waals surface area (Å²) in [7, 11) is 1.98. The molecular weight excluding hydrogens is 266 g/mol. The second-order valence-corrected chi connectivity index (χ2v) is 6.15. The number of hydrogen-bond donors (Lipinski definition) is 1. The molecule has 3 rings (SSSR count). The van der Waals surface area contributed by atoms with Gasteiger partial charge in [-0.25, -0.2) is 0 Å². The Hall–Kier alpha value is -1.40. The van der Waals surface area contributed by atoms with E-state index in [4.69, 9.17) is 0 Å². The van der Waals surface area contributed by atoms with Gasteiger partial charge in [-0.3, -0.25) is 9.48 Å². The third-order valence-corrected chi connectivity index (χ3v) is 4.79. The number of piperidine rings is 1. The molecule has 0 radical (unpaired) electrons. The van der Waals surface area contributed by atoms with Crippen LogP contribution in [0.5, 0.6) is 0 Å². The van der Waals surface area contributed by atoms with Crippen molar-refractivity contribution in [3.05, 3.63) is 18.5 Å². The van der Waals surface area contributed by atoms with E-state index in [9.17, 15) is 4.79 Å². The third-order valence-electron chi connectivity index (χ3n) is 4.79. The molecule has 3 heterocycles. The van der Waals surface area contributed by atoms with Crippen molar-refractivity contribution in [2.75, 3.05) is 39.8 Å². The molecule has 0 aromatic carbocycles. The van der Waals surface area contributed by atoms with Crippen LogP contribution in [-0.4, -0.2) is 71.3 Å². The largest absolute Gasteiger partial charge is 0.342 e. The highest BCUT2D eigenvalue weighted by atomic mass is 16.2. The van der Waals surface area contributed by atoms with Crippen LogP contribution in [0.3, 0.4) is 0 Å².